The summed E-state index contributed by atoms with van der Waals surface area (Å²) in [6.07, 6.45) is 3.24. The highest BCUT2D eigenvalue weighted by Crippen LogP contribution is 2.38. The number of benzene rings is 1. The molecule has 0 spiro atoms. The van der Waals surface area contributed by atoms with Crippen LogP contribution in [0, 0.1) is 10.1 Å². The van der Waals surface area contributed by atoms with Crippen molar-refractivity contribution in [3.8, 4) is 5.75 Å². The number of non-ortho nitro benzene ring substituents is 1. The first-order valence-corrected chi connectivity index (χ1v) is 10.8. The number of fused-ring (bicyclic) bond motifs is 1. The van der Waals surface area contributed by atoms with E-state index < -0.39 is 11.0 Å². The molecule has 0 saturated heterocycles. The molecule has 30 heavy (non-hydrogen) atoms. The average molecular weight is 433 g/mol. The number of Topliss-reactive ketones (excluding diaryl/α,β-unsaturated/α-hetero) is 1. The number of nitro groups is 1. The van der Waals surface area contributed by atoms with Crippen molar-refractivity contribution in [3.05, 3.63) is 55.3 Å². The van der Waals surface area contributed by atoms with Crippen LogP contribution in [0.25, 0.3) is 0 Å². The van der Waals surface area contributed by atoms with Gasteiger partial charge in [0, 0.05) is 28.3 Å². The van der Waals surface area contributed by atoms with Gasteiger partial charge in [0.25, 0.3) is 5.69 Å². The van der Waals surface area contributed by atoms with Gasteiger partial charge < -0.3 is 10.5 Å². The minimum Gasteiger partial charge on any atom is -0.483 e. The van der Waals surface area contributed by atoms with Gasteiger partial charge >= 0.3 is 0 Å². The van der Waals surface area contributed by atoms with E-state index in [1.807, 2.05) is 0 Å². The number of thiophene rings is 1. The fraction of sp³-hybridized carbons (Fsp3) is 0.455. The number of rotatable bonds is 7. The van der Waals surface area contributed by atoms with E-state index in [4.69, 9.17) is 10.5 Å². The minimum absolute atomic E-state index is 0.00153. The Morgan fingerprint density at radius 3 is 2.33 bits per heavy atom. The second-order valence-corrected chi connectivity index (χ2v) is 8.58. The lowest BCUT2D eigenvalue weighted by Gasteiger charge is -2.12. The lowest BCUT2D eigenvalue weighted by molar-refractivity contribution is -0.384. The van der Waals surface area contributed by atoms with Crippen molar-refractivity contribution in [1.82, 2.24) is 0 Å². The van der Waals surface area contributed by atoms with Gasteiger partial charge in [0.05, 0.1) is 10.5 Å². The van der Waals surface area contributed by atoms with Crippen LogP contribution in [0.15, 0.2) is 24.3 Å². The van der Waals surface area contributed by atoms with Gasteiger partial charge in [-0.1, -0.05) is 20.8 Å². The molecule has 3 rings (SSSR count). The monoisotopic (exact) mass is 432 g/mol. The largest absolute Gasteiger partial charge is 0.483 e. The van der Waals surface area contributed by atoms with Crippen molar-refractivity contribution >= 4 is 28.7 Å². The summed E-state index contributed by atoms with van der Waals surface area (Å²) >= 11 is 1.78. The number of hydrogen-bond donors (Lipinski definition) is 1. The fourth-order valence-corrected chi connectivity index (χ4v) is 4.71. The Morgan fingerprint density at radius 2 is 1.83 bits per heavy atom. The van der Waals surface area contributed by atoms with Gasteiger partial charge in [-0.3, -0.25) is 19.7 Å². The predicted molar refractivity (Wildman–Crippen MR) is 117 cm³/mol. The highest BCUT2D eigenvalue weighted by molar-refractivity contribution is 7.12. The number of ketones is 1. The number of nitrogens with two attached hydrogens (primary N) is 1. The molecule has 1 aromatic heterocycles. The number of nitrogens with zero attached hydrogens (tertiary/aromatic N) is 1. The van der Waals surface area contributed by atoms with Crippen molar-refractivity contribution in [1.29, 1.82) is 0 Å². The van der Waals surface area contributed by atoms with Gasteiger partial charge in [-0.15, -0.1) is 11.3 Å². The SMILES string of the molecule is CC(C)c1sc2c(c1C(N)=O)CCC2.CCC(=O)C(C)Oc1ccc([N+](=O)[O-])cc1. The summed E-state index contributed by atoms with van der Waals surface area (Å²) in [5.41, 5.74) is 7.51. The first-order chi connectivity index (χ1) is 14.1. The summed E-state index contributed by atoms with van der Waals surface area (Å²) in [5, 5.41) is 10.4. The van der Waals surface area contributed by atoms with Crippen LogP contribution in [0.1, 0.15) is 72.1 Å². The van der Waals surface area contributed by atoms with E-state index in [2.05, 4.69) is 13.8 Å². The smallest absolute Gasteiger partial charge is 0.269 e. The number of nitro benzene ring substituents is 1. The fourth-order valence-electron chi connectivity index (χ4n) is 3.31. The number of carbonyl (C=O) groups is 2. The third kappa shape index (κ3) is 5.66. The van der Waals surface area contributed by atoms with E-state index >= 15 is 0 Å². The molecule has 2 aromatic rings. The van der Waals surface area contributed by atoms with Crippen LogP contribution in [0.4, 0.5) is 5.69 Å². The van der Waals surface area contributed by atoms with Gasteiger partial charge in [-0.25, -0.2) is 0 Å². The van der Waals surface area contributed by atoms with Gasteiger partial charge in [0.15, 0.2) is 11.9 Å². The minimum atomic E-state index is -0.522. The molecule has 1 atom stereocenters. The summed E-state index contributed by atoms with van der Waals surface area (Å²) < 4.78 is 5.33. The predicted octanol–water partition coefficient (Wildman–Crippen LogP) is 4.80. The zero-order chi connectivity index (χ0) is 22.4. The molecule has 0 bridgehead atoms. The highest BCUT2D eigenvalue weighted by Gasteiger charge is 2.25. The van der Waals surface area contributed by atoms with Gasteiger partial charge in [-0.2, -0.15) is 0 Å². The molecular weight excluding hydrogens is 404 g/mol. The van der Waals surface area contributed by atoms with Crippen LogP contribution in [0.3, 0.4) is 0 Å². The Labute approximate surface area is 180 Å². The number of hydrogen-bond acceptors (Lipinski definition) is 6. The molecule has 1 aliphatic rings. The van der Waals surface area contributed by atoms with Crippen molar-refractivity contribution < 1.29 is 19.2 Å². The number of primary amides is 1. The molecule has 0 fully saturated rings. The average Bonchev–Trinajstić information content (AvgIpc) is 3.29. The van der Waals surface area contributed by atoms with Crippen molar-refractivity contribution in [2.24, 2.45) is 5.73 Å². The summed E-state index contributed by atoms with van der Waals surface area (Å²) in [4.78, 5) is 35.1. The number of aryl methyl sites for hydroxylation is 1. The molecule has 1 aromatic carbocycles. The van der Waals surface area contributed by atoms with E-state index in [-0.39, 0.29) is 17.4 Å². The first kappa shape index (κ1) is 23.5. The third-order valence-corrected chi connectivity index (χ3v) is 6.47. The van der Waals surface area contributed by atoms with E-state index in [1.165, 1.54) is 46.0 Å². The van der Waals surface area contributed by atoms with Crippen LogP contribution < -0.4 is 10.5 Å². The summed E-state index contributed by atoms with van der Waals surface area (Å²) in [6.45, 7) is 7.66. The van der Waals surface area contributed by atoms with Crippen LogP contribution in [0.2, 0.25) is 0 Å². The number of ether oxygens (including phenoxy) is 1. The van der Waals surface area contributed by atoms with Gasteiger partial charge in [0.2, 0.25) is 5.91 Å². The van der Waals surface area contributed by atoms with Crippen LogP contribution in [0.5, 0.6) is 5.75 Å². The Hall–Kier alpha value is -2.74. The third-order valence-electron chi connectivity index (χ3n) is 4.88. The molecule has 0 saturated carbocycles. The van der Waals surface area contributed by atoms with Gasteiger partial charge in [-0.05, 0) is 49.8 Å². The molecule has 1 heterocycles. The molecule has 8 heteroatoms. The summed E-state index contributed by atoms with van der Waals surface area (Å²) in [5.74, 6) is 0.624. The lowest BCUT2D eigenvalue weighted by Crippen LogP contribution is -2.22. The first-order valence-electron chi connectivity index (χ1n) is 10.0. The van der Waals surface area contributed by atoms with Gasteiger partial charge in [0.1, 0.15) is 5.75 Å². The van der Waals surface area contributed by atoms with Crippen molar-refractivity contribution in [2.75, 3.05) is 0 Å². The molecular formula is C22H28N2O5S. The standard InChI is InChI=1S/C11H13NO4.C11H15NOS/c1-3-11(13)8(2)16-10-6-4-9(5-7-10)12(14)15;1-6(2)10-9(11(12)13)7-4-3-5-8(7)14-10/h4-8H,3H2,1-2H3;6H,3-5H2,1-2H3,(H2,12,13). The molecule has 0 radical (unpaired) electrons. The quantitative estimate of drug-likeness (QED) is 0.499. The van der Waals surface area contributed by atoms with Crippen molar-refractivity contribution in [2.45, 2.75) is 65.4 Å². The van der Waals surface area contributed by atoms with Crippen LogP contribution >= 0.6 is 11.3 Å². The molecule has 1 aliphatic carbocycles. The summed E-state index contributed by atoms with van der Waals surface area (Å²) in [6, 6.07) is 5.66. The second kappa shape index (κ2) is 10.3. The Morgan fingerprint density at radius 1 is 1.20 bits per heavy atom. The van der Waals surface area contributed by atoms with E-state index in [1.54, 1.807) is 25.2 Å². The summed E-state index contributed by atoms with van der Waals surface area (Å²) in [7, 11) is 0. The molecule has 1 unspecified atom stereocenters. The topological polar surface area (TPSA) is 113 Å². The maximum absolute atomic E-state index is 11.4. The Kier molecular flexibility index (Phi) is 8.11. The second-order valence-electron chi connectivity index (χ2n) is 7.45. The number of carbonyl (C=O) groups excluding carboxylic acids is 2. The molecule has 1 amide bonds. The lowest BCUT2D eigenvalue weighted by atomic mass is 10.0. The Balaban J connectivity index is 0.000000215. The number of amides is 1. The van der Waals surface area contributed by atoms with E-state index in [9.17, 15) is 19.7 Å². The van der Waals surface area contributed by atoms with E-state index in [0.717, 1.165) is 18.4 Å². The van der Waals surface area contributed by atoms with Crippen LogP contribution in [-0.4, -0.2) is 22.7 Å². The van der Waals surface area contributed by atoms with Crippen molar-refractivity contribution in [3.63, 3.8) is 0 Å². The Bertz CT molecular complexity index is 918. The van der Waals surface area contributed by atoms with Crippen LogP contribution in [-0.2, 0) is 17.6 Å². The molecule has 7 nitrogen and oxygen atoms in total. The molecule has 162 valence electrons. The van der Waals surface area contributed by atoms with E-state index in [0.29, 0.717) is 18.1 Å². The normalized spacial score (nSPS) is 13.2. The highest BCUT2D eigenvalue weighted by atomic mass is 32.1. The maximum Gasteiger partial charge on any atom is 0.269 e. The zero-order valence-corrected chi connectivity index (χ0v) is 18.6. The zero-order valence-electron chi connectivity index (χ0n) is 17.8. The maximum atomic E-state index is 11.4. The molecule has 2 N–H and O–H groups in total. The molecule has 0 aliphatic heterocycles.